The lowest BCUT2D eigenvalue weighted by Gasteiger charge is -2.08. The van der Waals surface area contributed by atoms with Gasteiger partial charge in [-0.3, -0.25) is 4.79 Å². The Morgan fingerprint density at radius 3 is 2.64 bits per heavy atom. The predicted octanol–water partition coefficient (Wildman–Crippen LogP) is 3.10. The summed E-state index contributed by atoms with van der Waals surface area (Å²) in [6.45, 7) is 1.88. The molecule has 14 heavy (non-hydrogen) atoms. The quantitative estimate of drug-likeness (QED) is 0.579. The molecule has 0 amide bonds. The number of carbonyl (C=O) groups excluding carboxylic acids is 1. The van der Waals surface area contributed by atoms with Crippen molar-refractivity contribution in [3.63, 3.8) is 0 Å². The van der Waals surface area contributed by atoms with Crippen LogP contribution in [-0.2, 0) is 9.53 Å². The third-order valence-corrected chi connectivity index (χ3v) is 2.73. The third kappa shape index (κ3) is 2.40. The van der Waals surface area contributed by atoms with Gasteiger partial charge in [0.15, 0.2) is 5.38 Å². The fourth-order valence-electron chi connectivity index (χ4n) is 1.01. The van der Waals surface area contributed by atoms with Crippen LogP contribution in [0.15, 0.2) is 18.2 Å². The second-order valence-corrected chi connectivity index (χ2v) is 3.74. The van der Waals surface area contributed by atoms with Gasteiger partial charge in [0.05, 0.1) is 7.11 Å². The smallest absolute Gasteiger partial charge is 0.328 e. The van der Waals surface area contributed by atoms with E-state index in [1.165, 1.54) is 7.11 Å². The molecular formula is C10H10Cl2O2. The number of halogens is 2. The summed E-state index contributed by atoms with van der Waals surface area (Å²) in [5.74, 6) is -0.480. The minimum absolute atomic E-state index is 0.480. The average molecular weight is 233 g/mol. The van der Waals surface area contributed by atoms with Gasteiger partial charge in [-0.15, -0.1) is 11.6 Å². The van der Waals surface area contributed by atoms with Crippen molar-refractivity contribution < 1.29 is 9.53 Å². The lowest BCUT2D eigenvalue weighted by molar-refractivity contribution is -0.140. The van der Waals surface area contributed by atoms with E-state index in [9.17, 15) is 4.79 Å². The molecule has 0 saturated carbocycles. The largest absolute Gasteiger partial charge is 0.468 e. The number of methoxy groups -OCH3 is 1. The highest BCUT2D eigenvalue weighted by atomic mass is 35.5. The van der Waals surface area contributed by atoms with Crippen molar-refractivity contribution in [2.45, 2.75) is 12.3 Å². The van der Waals surface area contributed by atoms with Gasteiger partial charge >= 0.3 is 5.97 Å². The normalized spacial score (nSPS) is 12.3. The van der Waals surface area contributed by atoms with E-state index >= 15 is 0 Å². The van der Waals surface area contributed by atoms with E-state index in [4.69, 9.17) is 23.2 Å². The summed E-state index contributed by atoms with van der Waals surface area (Å²) in [5.41, 5.74) is 1.60. The van der Waals surface area contributed by atoms with Crippen LogP contribution in [-0.4, -0.2) is 13.1 Å². The number of esters is 1. The van der Waals surface area contributed by atoms with Crippen molar-refractivity contribution in [1.82, 2.24) is 0 Å². The first-order valence-corrected chi connectivity index (χ1v) is 4.85. The van der Waals surface area contributed by atoms with Crippen LogP contribution >= 0.6 is 23.2 Å². The molecule has 0 aliphatic carbocycles. The molecule has 1 rings (SSSR count). The SMILES string of the molecule is COC(=O)C(Cl)c1ccc(C)c(Cl)c1. The molecule has 0 aromatic heterocycles. The van der Waals surface area contributed by atoms with Crippen LogP contribution in [0, 0.1) is 6.92 Å². The molecule has 76 valence electrons. The fraction of sp³-hybridized carbons (Fsp3) is 0.300. The molecule has 2 nitrogen and oxygen atoms in total. The Labute approximate surface area is 92.8 Å². The van der Waals surface area contributed by atoms with Crippen LogP contribution in [0.2, 0.25) is 5.02 Å². The summed E-state index contributed by atoms with van der Waals surface area (Å²) in [4.78, 5) is 11.1. The third-order valence-electron chi connectivity index (χ3n) is 1.90. The van der Waals surface area contributed by atoms with Gasteiger partial charge in [0, 0.05) is 5.02 Å². The second-order valence-electron chi connectivity index (χ2n) is 2.89. The molecule has 1 atom stereocenters. The van der Waals surface area contributed by atoms with Crippen LogP contribution in [0.4, 0.5) is 0 Å². The van der Waals surface area contributed by atoms with Gasteiger partial charge in [-0.1, -0.05) is 23.7 Å². The van der Waals surface area contributed by atoms with Crippen molar-refractivity contribution in [3.05, 3.63) is 34.3 Å². The van der Waals surface area contributed by atoms with E-state index in [-0.39, 0.29) is 0 Å². The molecule has 0 fully saturated rings. The van der Waals surface area contributed by atoms with Crippen LogP contribution in [0.5, 0.6) is 0 Å². The molecule has 0 N–H and O–H groups in total. The van der Waals surface area contributed by atoms with Gasteiger partial charge in [0.1, 0.15) is 0 Å². The lowest BCUT2D eigenvalue weighted by atomic mass is 10.1. The van der Waals surface area contributed by atoms with Gasteiger partial charge in [-0.2, -0.15) is 0 Å². The Balaban J connectivity index is 2.96. The summed E-state index contributed by atoms with van der Waals surface area (Å²) < 4.78 is 4.52. The Hall–Kier alpha value is -0.730. The highest BCUT2D eigenvalue weighted by molar-refractivity contribution is 6.32. The number of carbonyl (C=O) groups is 1. The van der Waals surface area contributed by atoms with Gasteiger partial charge in [0.25, 0.3) is 0 Å². The zero-order chi connectivity index (χ0) is 10.7. The average Bonchev–Trinajstić information content (AvgIpc) is 2.20. The zero-order valence-electron chi connectivity index (χ0n) is 7.88. The van der Waals surface area contributed by atoms with Gasteiger partial charge in [0.2, 0.25) is 0 Å². The van der Waals surface area contributed by atoms with E-state index in [2.05, 4.69) is 4.74 Å². The number of alkyl halides is 1. The molecule has 0 heterocycles. The van der Waals surface area contributed by atoms with E-state index in [1.54, 1.807) is 12.1 Å². The molecule has 0 spiro atoms. The number of ether oxygens (including phenoxy) is 1. The van der Waals surface area contributed by atoms with Crippen molar-refractivity contribution in [2.75, 3.05) is 7.11 Å². The molecule has 0 aliphatic heterocycles. The minimum Gasteiger partial charge on any atom is -0.468 e. The van der Waals surface area contributed by atoms with Crippen molar-refractivity contribution in [1.29, 1.82) is 0 Å². The molecule has 0 saturated heterocycles. The molecule has 0 bridgehead atoms. The fourth-order valence-corrected chi connectivity index (χ4v) is 1.42. The Morgan fingerprint density at radius 2 is 2.14 bits per heavy atom. The summed E-state index contributed by atoms with van der Waals surface area (Å²) in [7, 11) is 1.30. The topological polar surface area (TPSA) is 26.3 Å². The summed E-state index contributed by atoms with van der Waals surface area (Å²) in [5, 5.41) is -0.199. The Kier molecular flexibility index (Phi) is 3.78. The van der Waals surface area contributed by atoms with Crippen LogP contribution < -0.4 is 0 Å². The van der Waals surface area contributed by atoms with Crippen LogP contribution in [0.25, 0.3) is 0 Å². The van der Waals surface area contributed by atoms with Gasteiger partial charge in [-0.05, 0) is 24.1 Å². The first kappa shape index (κ1) is 11.3. The molecule has 1 aromatic rings. The first-order chi connectivity index (χ1) is 6.56. The maximum atomic E-state index is 11.1. The number of benzene rings is 1. The molecule has 4 heteroatoms. The number of aryl methyl sites for hydroxylation is 1. The van der Waals surface area contributed by atoms with Crippen molar-refractivity contribution in [2.24, 2.45) is 0 Å². The van der Waals surface area contributed by atoms with Crippen LogP contribution in [0.3, 0.4) is 0 Å². The van der Waals surface area contributed by atoms with E-state index < -0.39 is 11.3 Å². The van der Waals surface area contributed by atoms with Gasteiger partial charge < -0.3 is 4.74 Å². The molecule has 0 radical (unpaired) electrons. The Bertz CT molecular complexity index is 350. The van der Waals surface area contributed by atoms with Gasteiger partial charge in [-0.25, -0.2) is 0 Å². The standard InChI is InChI=1S/C10H10Cl2O2/c1-6-3-4-7(5-8(6)11)9(12)10(13)14-2/h3-5,9H,1-2H3. The number of rotatable bonds is 2. The predicted molar refractivity (Wildman–Crippen MR) is 56.8 cm³/mol. The number of hydrogen-bond donors (Lipinski definition) is 0. The van der Waals surface area contributed by atoms with E-state index in [0.717, 1.165) is 5.56 Å². The molecule has 1 unspecified atom stereocenters. The summed E-state index contributed by atoms with van der Waals surface area (Å²) in [6, 6.07) is 5.25. The maximum Gasteiger partial charge on any atom is 0.328 e. The highest BCUT2D eigenvalue weighted by Crippen LogP contribution is 2.26. The maximum absolute atomic E-state index is 11.1. The first-order valence-electron chi connectivity index (χ1n) is 4.04. The summed E-state index contributed by atoms with van der Waals surface area (Å²) >= 11 is 11.7. The number of hydrogen-bond acceptors (Lipinski definition) is 2. The second kappa shape index (κ2) is 4.67. The lowest BCUT2D eigenvalue weighted by Crippen LogP contribution is -2.08. The van der Waals surface area contributed by atoms with Crippen LogP contribution in [0.1, 0.15) is 16.5 Å². The molecular weight excluding hydrogens is 223 g/mol. The van der Waals surface area contributed by atoms with E-state index in [1.807, 2.05) is 13.0 Å². The zero-order valence-corrected chi connectivity index (χ0v) is 9.39. The van der Waals surface area contributed by atoms with Crippen molar-refractivity contribution in [3.8, 4) is 0 Å². The Morgan fingerprint density at radius 1 is 1.50 bits per heavy atom. The minimum atomic E-state index is -0.793. The monoisotopic (exact) mass is 232 g/mol. The highest BCUT2D eigenvalue weighted by Gasteiger charge is 2.18. The summed E-state index contributed by atoms with van der Waals surface area (Å²) in [6.07, 6.45) is 0. The van der Waals surface area contributed by atoms with Crippen molar-refractivity contribution >= 4 is 29.2 Å². The molecule has 1 aromatic carbocycles. The molecule has 0 aliphatic rings. The van der Waals surface area contributed by atoms with E-state index in [0.29, 0.717) is 10.6 Å².